The van der Waals surface area contributed by atoms with E-state index >= 15 is 0 Å². The number of pyridine rings is 1. The van der Waals surface area contributed by atoms with Gasteiger partial charge >= 0.3 is 0 Å². The van der Waals surface area contributed by atoms with Gasteiger partial charge in [-0.3, -0.25) is 4.98 Å². The molecule has 0 atom stereocenters. The Balaban J connectivity index is 1.70. The highest BCUT2D eigenvalue weighted by Crippen LogP contribution is 2.31. The largest absolute Gasteiger partial charge is 0.496 e. The van der Waals surface area contributed by atoms with Gasteiger partial charge in [0.05, 0.1) is 12.8 Å². The first-order valence-electron chi connectivity index (χ1n) is 7.90. The second-order valence-corrected chi connectivity index (χ2v) is 5.51. The smallest absolute Gasteiger partial charge is 0.223 e. The average molecular weight is 347 g/mol. The van der Waals surface area contributed by atoms with Crippen LogP contribution in [-0.2, 0) is 0 Å². The fourth-order valence-corrected chi connectivity index (χ4v) is 2.59. The molecule has 7 heteroatoms. The van der Waals surface area contributed by atoms with Crippen LogP contribution in [0.5, 0.6) is 5.75 Å². The molecule has 128 valence electrons. The topological polar surface area (TPSA) is 65.7 Å². The lowest BCUT2D eigenvalue weighted by atomic mass is 10.0. The van der Waals surface area contributed by atoms with Crippen LogP contribution in [0.15, 0.2) is 66.9 Å². The predicted molar refractivity (Wildman–Crippen MR) is 94.3 cm³/mol. The molecular weight excluding hydrogens is 333 g/mol. The molecular formula is C19H14FN5O. The molecule has 0 aliphatic carbocycles. The van der Waals surface area contributed by atoms with Crippen molar-refractivity contribution in [3.63, 3.8) is 0 Å². The van der Waals surface area contributed by atoms with Gasteiger partial charge in [-0.25, -0.2) is 4.39 Å². The molecule has 0 aliphatic heterocycles. The fourth-order valence-electron chi connectivity index (χ4n) is 2.59. The second kappa shape index (κ2) is 6.72. The van der Waals surface area contributed by atoms with Crippen molar-refractivity contribution in [3.8, 4) is 34.1 Å². The number of halogens is 1. The molecule has 0 unspecified atom stereocenters. The summed E-state index contributed by atoms with van der Waals surface area (Å²) in [6.07, 6.45) is 1.68. The van der Waals surface area contributed by atoms with Crippen molar-refractivity contribution in [3.05, 3.63) is 72.7 Å². The summed E-state index contributed by atoms with van der Waals surface area (Å²) in [6, 6.07) is 17.3. The van der Waals surface area contributed by atoms with Gasteiger partial charge in [-0.2, -0.15) is 0 Å². The van der Waals surface area contributed by atoms with Crippen LogP contribution in [0.1, 0.15) is 0 Å². The van der Waals surface area contributed by atoms with Gasteiger partial charge in [0, 0.05) is 17.8 Å². The minimum atomic E-state index is -0.279. The summed E-state index contributed by atoms with van der Waals surface area (Å²) in [6.45, 7) is 0. The monoisotopic (exact) mass is 347 g/mol. The van der Waals surface area contributed by atoms with Gasteiger partial charge < -0.3 is 4.74 Å². The highest BCUT2D eigenvalue weighted by Gasteiger charge is 2.12. The van der Waals surface area contributed by atoms with E-state index in [-0.39, 0.29) is 5.82 Å². The van der Waals surface area contributed by atoms with E-state index in [1.807, 2.05) is 36.4 Å². The van der Waals surface area contributed by atoms with Crippen LogP contribution in [0.4, 0.5) is 4.39 Å². The van der Waals surface area contributed by atoms with Gasteiger partial charge in [0.1, 0.15) is 17.3 Å². The third-order valence-electron chi connectivity index (χ3n) is 3.88. The standard InChI is InChI=1S/C19H14FN5O/c1-26-18-12-15(9-10-16(18)13-5-7-14(20)8-6-13)25-23-19(22-24-25)17-4-2-3-11-21-17/h2-12H,1H3. The molecule has 0 amide bonds. The summed E-state index contributed by atoms with van der Waals surface area (Å²) in [4.78, 5) is 5.63. The maximum atomic E-state index is 13.1. The maximum Gasteiger partial charge on any atom is 0.223 e. The molecule has 0 bridgehead atoms. The summed E-state index contributed by atoms with van der Waals surface area (Å²) in [5.41, 5.74) is 3.05. The normalized spacial score (nSPS) is 10.7. The van der Waals surface area contributed by atoms with Crippen molar-refractivity contribution < 1.29 is 9.13 Å². The highest BCUT2D eigenvalue weighted by atomic mass is 19.1. The van der Waals surface area contributed by atoms with Gasteiger partial charge in [-0.1, -0.05) is 18.2 Å². The first kappa shape index (κ1) is 15.9. The summed E-state index contributed by atoms with van der Waals surface area (Å²) in [5, 5.41) is 12.5. The van der Waals surface area contributed by atoms with Crippen LogP contribution in [-0.4, -0.2) is 32.3 Å². The Morgan fingerprint density at radius 3 is 2.58 bits per heavy atom. The lowest BCUT2D eigenvalue weighted by molar-refractivity contribution is 0.416. The SMILES string of the molecule is COc1cc(-n2nnc(-c3ccccn3)n2)ccc1-c1ccc(F)cc1. The third kappa shape index (κ3) is 3.02. The molecule has 0 N–H and O–H groups in total. The summed E-state index contributed by atoms with van der Waals surface area (Å²) >= 11 is 0. The van der Waals surface area contributed by atoms with Crippen LogP contribution in [0, 0.1) is 5.82 Å². The van der Waals surface area contributed by atoms with Gasteiger partial charge in [-0.15, -0.1) is 15.0 Å². The van der Waals surface area contributed by atoms with Crippen molar-refractivity contribution >= 4 is 0 Å². The van der Waals surface area contributed by atoms with Gasteiger partial charge in [0.15, 0.2) is 0 Å². The number of hydrogen-bond donors (Lipinski definition) is 0. The van der Waals surface area contributed by atoms with E-state index in [1.165, 1.54) is 16.9 Å². The molecule has 26 heavy (non-hydrogen) atoms. The summed E-state index contributed by atoms with van der Waals surface area (Å²) in [5.74, 6) is 0.788. The van der Waals surface area contributed by atoms with E-state index in [2.05, 4.69) is 20.4 Å². The number of hydrogen-bond acceptors (Lipinski definition) is 5. The number of rotatable bonds is 4. The third-order valence-corrected chi connectivity index (χ3v) is 3.88. The minimum absolute atomic E-state index is 0.279. The molecule has 6 nitrogen and oxygen atoms in total. The van der Waals surface area contributed by atoms with E-state index < -0.39 is 0 Å². The number of methoxy groups -OCH3 is 1. The number of nitrogens with zero attached hydrogens (tertiary/aromatic N) is 5. The Labute approximate surface area is 148 Å². The summed E-state index contributed by atoms with van der Waals surface area (Å²) in [7, 11) is 1.58. The van der Waals surface area contributed by atoms with E-state index in [0.29, 0.717) is 23.0 Å². The van der Waals surface area contributed by atoms with E-state index in [4.69, 9.17) is 4.74 Å². The molecule has 0 saturated heterocycles. The summed E-state index contributed by atoms with van der Waals surface area (Å²) < 4.78 is 18.6. The molecule has 0 radical (unpaired) electrons. The van der Waals surface area contributed by atoms with Gasteiger partial charge in [0.2, 0.25) is 5.82 Å². The lowest BCUT2D eigenvalue weighted by Gasteiger charge is -2.10. The van der Waals surface area contributed by atoms with Crippen LogP contribution in [0.25, 0.3) is 28.3 Å². The van der Waals surface area contributed by atoms with Crippen molar-refractivity contribution in [1.29, 1.82) is 0 Å². The van der Waals surface area contributed by atoms with Crippen molar-refractivity contribution in [2.75, 3.05) is 7.11 Å². The number of tetrazole rings is 1. The molecule has 0 saturated carbocycles. The zero-order chi connectivity index (χ0) is 17.9. The number of aromatic nitrogens is 5. The minimum Gasteiger partial charge on any atom is -0.496 e. The van der Waals surface area contributed by atoms with E-state index in [1.54, 1.807) is 25.4 Å². The molecule has 0 spiro atoms. The van der Waals surface area contributed by atoms with E-state index in [9.17, 15) is 4.39 Å². The molecule has 2 aromatic heterocycles. The Morgan fingerprint density at radius 1 is 1.00 bits per heavy atom. The molecule has 2 heterocycles. The first-order valence-corrected chi connectivity index (χ1v) is 7.90. The maximum absolute atomic E-state index is 13.1. The number of benzene rings is 2. The van der Waals surface area contributed by atoms with Crippen LogP contribution in [0.3, 0.4) is 0 Å². The Hall–Kier alpha value is -3.61. The van der Waals surface area contributed by atoms with Gasteiger partial charge in [-0.05, 0) is 47.2 Å². The molecule has 4 rings (SSSR count). The first-order chi connectivity index (χ1) is 12.7. The van der Waals surface area contributed by atoms with E-state index in [0.717, 1.165) is 11.1 Å². The van der Waals surface area contributed by atoms with Crippen molar-refractivity contribution in [2.45, 2.75) is 0 Å². The molecule has 0 fully saturated rings. The Bertz CT molecular complexity index is 1030. The quantitative estimate of drug-likeness (QED) is 0.565. The van der Waals surface area contributed by atoms with Gasteiger partial charge in [0.25, 0.3) is 0 Å². The molecule has 2 aromatic carbocycles. The zero-order valence-corrected chi connectivity index (χ0v) is 13.9. The van der Waals surface area contributed by atoms with Crippen molar-refractivity contribution in [2.24, 2.45) is 0 Å². The second-order valence-electron chi connectivity index (χ2n) is 5.51. The van der Waals surface area contributed by atoms with Crippen LogP contribution < -0.4 is 4.74 Å². The fraction of sp³-hybridized carbons (Fsp3) is 0.0526. The lowest BCUT2D eigenvalue weighted by Crippen LogP contribution is -2.00. The van der Waals surface area contributed by atoms with Crippen molar-refractivity contribution in [1.82, 2.24) is 25.2 Å². The Morgan fingerprint density at radius 2 is 1.85 bits per heavy atom. The van der Waals surface area contributed by atoms with Crippen LogP contribution in [0.2, 0.25) is 0 Å². The Kier molecular flexibility index (Phi) is 4.10. The zero-order valence-electron chi connectivity index (χ0n) is 13.9. The molecule has 4 aromatic rings. The number of ether oxygens (including phenoxy) is 1. The highest BCUT2D eigenvalue weighted by molar-refractivity contribution is 5.72. The molecule has 0 aliphatic rings. The predicted octanol–water partition coefficient (Wildman–Crippen LogP) is 3.54. The average Bonchev–Trinajstić information content (AvgIpc) is 3.19. The van der Waals surface area contributed by atoms with Crippen LogP contribution >= 0.6 is 0 Å².